The van der Waals surface area contributed by atoms with Crippen LogP contribution in [0.2, 0.25) is 0 Å². The average Bonchev–Trinajstić information content (AvgIpc) is 1.98. The summed E-state index contributed by atoms with van der Waals surface area (Å²) in [5.41, 5.74) is 0. The second-order valence-electron chi connectivity index (χ2n) is 2.83. The van der Waals surface area contributed by atoms with Crippen molar-refractivity contribution in [3.05, 3.63) is 12.5 Å². The van der Waals surface area contributed by atoms with Gasteiger partial charge in [-0.2, -0.15) is 0 Å². The number of carboxylic acids is 1. The molecule has 0 radical (unpaired) electrons. The molecule has 0 unspecified atom stereocenters. The maximum absolute atomic E-state index is 10.6. The smallest absolute Gasteiger partial charge is 0.326 e. The first kappa shape index (κ1) is 10.8. The zero-order valence-electron chi connectivity index (χ0n) is 7.63. The van der Waals surface area contributed by atoms with Crippen molar-refractivity contribution in [1.82, 2.24) is 5.32 Å². The highest BCUT2D eigenvalue weighted by atomic mass is 16.5. The Labute approximate surface area is 72.2 Å². The highest BCUT2D eigenvalue weighted by Gasteiger charge is 2.21. The lowest BCUT2D eigenvalue weighted by atomic mass is 10.1. The molecular formula is C8H15NO3. The van der Waals surface area contributed by atoms with Crippen molar-refractivity contribution in [2.24, 2.45) is 5.92 Å². The van der Waals surface area contributed by atoms with Crippen LogP contribution in [0.5, 0.6) is 0 Å². The van der Waals surface area contributed by atoms with Crippen LogP contribution in [0.25, 0.3) is 0 Å². The number of hydrogen-bond donors (Lipinski definition) is 2. The molecule has 0 amide bonds. The number of nitrogens with one attached hydrogen (secondary N) is 1. The van der Waals surface area contributed by atoms with Crippen LogP contribution in [-0.2, 0) is 9.53 Å². The van der Waals surface area contributed by atoms with Gasteiger partial charge in [-0.25, -0.2) is 4.79 Å². The number of ether oxygens (including phenoxy) is 1. The third-order valence-corrected chi connectivity index (χ3v) is 1.50. The van der Waals surface area contributed by atoms with Crippen LogP contribution in [0.15, 0.2) is 12.5 Å². The topological polar surface area (TPSA) is 58.6 Å². The molecule has 0 saturated carbocycles. The summed E-state index contributed by atoms with van der Waals surface area (Å²) >= 11 is 0. The predicted molar refractivity (Wildman–Crippen MR) is 45.5 cm³/mol. The minimum atomic E-state index is -0.900. The lowest BCUT2D eigenvalue weighted by molar-refractivity contribution is -0.140. The van der Waals surface area contributed by atoms with Gasteiger partial charge in [-0.05, 0) is 12.5 Å². The second kappa shape index (κ2) is 4.64. The van der Waals surface area contributed by atoms with E-state index < -0.39 is 12.0 Å². The van der Waals surface area contributed by atoms with Gasteiger partial charge in [0, 0.05) is 0 Å². The van der Waals surface area contributed by atoms with Crippen LogP contribution < -0.4 is 5.32 Å². The first-order valence-corrected chi connectivity index (χ1v) is 3.71. The summed E-state index contributed by atoms with van der Waals surface area (Å²) in [6.07, 6.45) is 0. The molecule has 12 heavy (non-hydrogen) atoms. The summed E-state index contributed by atoms with van der Waals surface area (Å²) in [5, 5.41) is 11.4. The molecular weight excluding hydrogens is 158 g/mol. The first-order chi connectivity index (χ1) is 5.49. The Balaban J connectivity index is 4.14. The van der Waals surface area contributed by atoms with Gasteiger partial charge >= 0.3 is 5.97 Å². The van der Waals surface area contributed by atoms with Gasteiger partial charge in [0.2, 0.25) is 0 Å². The van der Waals surface area contributed by atoms with E-state index in [-0.39, 0.29) is 11.8 Å². The SMILES string of the molecule is C=C(N[C@H](C(=O)O)C(C)C)OC. The van der Waals surface area contributed by atoms with Crippen LogP contribution in [-0.4, -0.2) is 24.2 Å². The summed E-state index contributed by atoms with van der Waals surface area (Å²) in [4.78, 5) is 10.6. The van der Waals surface area contributed by atoms with E-state index in [1.807, 2.05) is 13.8 Å². The third-order valence-electron chi connectivity index (χ3n) is 1.50. The minimum Gasteiger partial charge on any atom is -0.483 e. The van der Waals surface area contributed by atoms with Crippen molar-refractivity contribution >= 4 is 5.97 Å². The molecule has 0 saturated heterocycles. The van der Waals surface area contributed by atoms with Gasteiger partial charge in [-0.15, -0.1) is 0 Å². The number of rotatable bonds is 5. The molecule has 0 aliphatic heterocycles. The van der Waals surface area contributed by atoms with E-state index in [4.69, 9.17) is 9.84 Å². The minimum absolute atomic E-state index is 0.00519. The van der Waals surface area contributed by atoms with Crippen molar-refractivity contribution in [1.29, 1.82) is 0 Å². The molecule has 0 bridgehead atoms. The molecule has 0 aliphatic rings. The van der Waals surface area contributed by atoms with Gasteiger partial charge in [-0.3, -0.25) is 0 Å². The summed E-state index contributed by atoms with van der Waals surface area (Å²) in [5.74, 6) is -0.631. The van der Waals surface area contributed by atoms with Crippen LogP contribution in [0.4, 0.5) is 0 Å². The van der Waals surface area contributed by atoms with Gasteiger partial charge in [0.1, 0.15) is 6.04 Å². The van der Waals surface area contributed by atoms with Crippen LogP contribution in [0.3, 0.4) is 0 Å². The monoisotopic (exact) mass is 173 g/mol. The van der Waals surface area contributed by atoms with E-state index in [1.54, 1.807) is 0 Å². The van der Waals surface area contributed by atoms with Gasteiger partial charge in [-0.1, -0.05) is 13.8 Å². The number of aliphatic carboxylic acids is 1. The van der Waals surface area contributed by atoms with E-state index in [9.17, 15) is 4.79 Å². The Hall–Kier alpha value is -1.19. The lowest BCUT2D eigenvalue weighted by Gasteiger charge is -2.19. The molecule has 1 atom stereocenters. The van der Waals surface area contributed by atoms with E-state index in [0.29, 0.717) is 0 Å². The maximum atomic E-state index is 10.6. The molecule has 0 rings (SSSR count). The Bertz CT molecular complexity index is 177. The van der Waals surface area contributed by atoms with Crippen LogP contribution >= 0.6 is 0 Å². The molecule has 4 heteroatoms. The van der Waals surface area contributed by atoms with Gasteiger partial charge < -0.3 is 15.2 Å². The fraction of sp³-hybridized carbons (Fsp3) is 0.625. The molecule has 2 N–H and O–H groups in total. The predicted octanol–water partition coefficient (Wildman–Crippen LogP) is 0.803. The summed E-state index contributed by atoms with van der Waals surface area (Å²) < 4.78 is 4.71. The van der Waals surface area contributed by atoms with Crippen molar-refractivity contribution in [2.45, 2.75) is 19.9 Å². The number of methoxy groups -OCH3 is 1. The van der Waals surface area contributed by atoms with E-state index in [2.05, 4.69) is 11.9 Å². The molecule has 0 aromatic heterocycles. The molecule has 70 valence electrons. The van der Waals surface area contributed by atoms with Gasteiger partial charge in [0.05, 0.1) is 7.11 Å². The Morgan fingerprint density at radius 3 is 2.33 bits per heavy atom. The fourth-order valence-electron chi connectivity index (χ4n) is 0.746. The number of hydrogen-bond acceptors (Lipinski definition) is 3. The highest BCUT2D eigenvalue weighted by molar-refractivity contribution is 5.74. The van der Waals surface area contributed by atoms with E-state index >= 15 is 0 Å². The highest BCUT2D eigenvalue weighted by Crippen LogP contribution is 2.03. The maximum Gasteiger partial charge on any atom is 0.326 e. The molecule has 0 aromatic carbocycles. The second-order valence-corrected chi connectivity index (χ2v) is 2.83. The fourth-order valence-corrected chi connectivity index (χ4v) is 0.746. The molecule has 0 spiro atoms. The van der Waals surface area contributed by atoms with Gasteiger partial charge in [0.25, 0.3) is 0 Å². The zero-order chi connectivity index (χ0) is 9.72. The average molecular weight is 173 g/mol. The van der Waals surface area contributed by atoms with Crippen LogP contribution in [0, 0.1) is 5.92 Å². The molecule has 0 fully saturated rings. The summed E-state index contributed by atoms with van der Waals surface area (Å²) in [6, 6.07) is -0.641. The van der Waals surface area contributed by atoms with Crippen molar-refractivity contribution in [3.8, 4) is 0 Å². The summed E-state index contributed by atoms with van der Waals surface area (Å²) in [6.45, 7) is 7.11. The van der Waals surface area contributed by atoms with E-state index in [1.165, 1.54) is 7.11 Å². The Morgan fingerprint density at radius 1 is 1.58 bits per heavy atom. The molecule has 4 nitrogen and oxygen atoms in total. The van der Waals surface area contributed by atoms with Crippen molar-refractivity contribution in [3.63, 3.8) is 0 Å². The zero-order valence-corrected chi connectivity index (χ0v) is 7.63. The molecule has 0 aromatic rings. The summed E-state index contributed by atoms with van der Waals surface area (Å²) in [7, 11) is 1.44. The third kappa shape index (κ3) is 3.27. The lowest BCUT2D eigenvalue weighted by Crippen LogP contribution is -2.40. The Kier molecular flexibility index (Phi) is 4.18. The molecule has 0 aliphatic carbocycles. The standard InChI is InChI=1S/C8H15NO3/c1-5(2)7(8(10)11)9-6(3)12-4/h5,7,9H,3H2,1-2,4H3,(H,10,11)/t7-/m0/s1. The quantitative estimate of drug-likeness (QED) is 0.604. The number of carboxylic acid groups (broad SMARTS) is 1. The first-order valence-electron chi connectivity index (χ1n) is 3.71. The van der Waals surface area contributed by atoms with Crippen molar-refractivity contribution < 1.29 is 14.6 Å². The number of carbonyl (C=O) groups is 1. The van der Waals surface area contributed by atoms with E-state index in [0.717, 1.165) is 0 Å². The van der Waals surface area contributed by atoms with Crippen molar-refractivity contribution in [2.75, 3.05) is 7.11 Å². The molecule has 0 heterocycles. The normalized spacial score (nSPS) is 12.3. The van der Waals surface area contributed by atoms with Gasteiger partial charge in [0.15, 0.2) is 5.88 Å². The Morgan fingerprint density at radius 2 is 2.08 bits per heavy atom. The van der Waals surface area contributed by atoms with Crippen LogP contribution in [0.1, 0.15) is 13.8 Å². The largest absolute Gasteiger partial charge is 0.483 e.